The van der Waals surface area contributed by atoms with Crippen molar-refractivity contribution >= 4 is 11.9 Å². The van der Waals surface area contributed by atoms with E-state index in [1.54, 1.807) is 10.9 Å². The van der Waals surface area contributed by atoms with Gasteiger partial charge >= 0.3 is 6.09 Å². The molecule has 1 aromatic heterocycles. The molecule has 3 N–H and O–H groups in total. The summed E-state index contributed by atoms with van der Waals surface area (Å²) in [4.78, 5) is 12.0. The highest BCUT2D eigenvalue weighted by molar-refractivity contribution is 5.84. The number of ether oxygens (including phenoxy) is 1. The van der Waals surface area contributed by atoms with Crippen molar-refractivity contribution < 1.29 is 9.53 Å². The maximum atomic E-state index is 12.0. The van der Waals surface area contributed by atoms with Gasteiger partial charge in [0.25, 0.3) is 0 Å². The lowest BCUT2D eigenvalue weighted by Gasteiger charge is -2.20. The second kappa shape index (κ2) is 7.79. The maximum Gasteiger partial charge on any atom is 0.413 e. The zero-order valence-electron chi connectivity index (χ0n) is 14.6. The van der Waals surface area contributed by atoms with Gasteiger partial charge in [-0.3, -0.25) is 10.00 Å². The summed E-state index contributed by atoms with van der Waals surface area (Å²) in [6.07, 6.45) is 4.81. The fraction of sp³-hybridized carbons (Fsp3) is 0.750. The third kappa shape index (κ3) is 5.84. The average Bonchev–Trinajstić information content (AvgIpc) is 2.66. The Labute approximate surface area is 138 Å². The van der Waals surface area contributed by atoms with Gasteiger partial charge in [-0.05, 0) is 53.1 Å². The monoisotopic (exact) mass is 323 g/mol. The third-order valence-electron chi connectivity index (χ3n) is 3.79. The summed E-state index contributed by atoms with van der Waals surface area (Å²) in [5.41, 5.74) is 0.449. The normalized spacial score (nSPS) is 19.2. The van der Waals surface area contributed by atoms with Gasteiger partial charge < -0.3 is 15.4 Å². The summed E-state index contributed by atoms with van der Waals surface area (Å²) < 4.78 is 6.97. The first-order valence-electron chi connectivity index (χ1n) is 8.30. The molecule has 0 radical (unpaired) electrons. The van der Waals surface area contributed by atoms with Gasteiger partial charge in [0.1, 0.15) is 11.4 Å². The molecule has 23 heavy (non-hydrogen) atoms. The number of hydrogen-bond donors (Lipinski definition) is 3. The summed E-state index contributed by atoms with van der Waals surface area (Å²) in [6, 6.07) is 0.500. The lowest BCUT2D eigenvalue weighted by molar-refractivity contribution is 0.0634. The zero-order valence-corrected chi connectivity index (χ0v) is 14.6. The van der Waals surface area contributed by atoms with Crippen molar-refractivity contribution in [3.63, 3.8) is 0 Å². The van der Waals surface area contributed by atoms with Crippen LogP contribution in [0.15, 0.2) is 6.20 Å². The molecule has 0 aromatic carbocycles. The van der Waals surface area contributed by atoms with E-state index >= 15 is 0 Å². The number of carbonyl (C=O) groups excluding carboxylic acids is 1. The van der Waals surface area contributed by atoms with Crippen molar-refractivity contribution in [3.05, 3.63) is 11.8 Å². The number of hydrogen-bond acceptors (Lipinski definition) is 5. The zero-order chi connectivity index (χ0) is 16.9. The van der Waals surface area contributed by atoms with E-state index in [9.17, 15) is 4.79 Å². The third-order valence-corrected chi connectivity index (χ3v) is 3.79. The van der Waals surface area contributed by atoms with Crippen LogP contribution < -0.4 is 16.0 Å². The van der Waals surface area contributed by atoms with Gasteiger partial charge in [0, 0.05) is 25.2 Å². The molecule has 0 bridgehead atoms. The minimum atomic E-state index is -0.519. The van der Waals surface area contributed by atoms with Crippen LogP contribution in [0.4, 0.5) is 10.6 Å². The second-order valence-electron chi connectivity index (χ2n) is 7.03. The van der Waals surface area contributed by atoms with E-state index in [1.165, 1.54) is 12.8 Å². The van der Waals surface area contributed by atoms with Gasteiger partial charge in [-0.25, -0.2) is 4.79 Å². The average molecular weight is 323 g/mol. The topological polar surface area (TPSA) is 80.2 Å². The molecule has 1 aliphatic heterocycles. The van der Waals surface area contributed by atoms with E-state index in [1.807, 2.05) is 27.8 Å². The van der Waals surface area contributed by atoms with Gasteiger partial charge in [0.15, 0.2) is 0 Å². The molecule has 2 heterocycles. The van der Waals surface area contributed by atoms with E-state index in [0.717, 1.165) is 25.1 Å². The van der Waals surface area contributed by atoms with E-state index in [0.29, 0.717) is 18.4 Å². The molecule has 0 spiro atoms. The molecule has 130 valence electrons. The van der Waals surface area contributed by atoms with Gasteiger partial charge in [0.05, 0.1) is 6.20 Å². The Hall–Kier alpha value is -1.60. The van der Waals surface area contributed by atoms with E-state index < -0.39 is 11.7 Å². The first-order chi connectivity index (χ1) is 10.8. The SMILES string of the molecule is Cn1ncc(CNC2CCCNCC2)c1NC(=O)OC(C)(C)C. The van der Waals surface area contributed by atoms with Crippen LogP contribution in [0.1, 0.15) is 45.6 Å². The van der Waals surface area contributed by atoms with E-state index in [2.05, 4.69) is 21.0 Å². The van der Waals surface area contributed by atoms with Crippen LogP contribution in [0.5, 0.6) is 0 Å². The molecule has 7 nitrogen and oxygen atoms in total. The van der Waals surface area contributed by atoms with Crippen LogP contribution in [-0.2, 0) is 18.3 Å². The molecule has 7 heteroatoms. The predicted octanol–water partition coefficient (Wildman–Crippen LogP) is 2.00. The minimum Gasteiger partial charge on any atom is -0.444 e. The number of nitrogens with zero attached hydrogens (tertiary/aromatic N) is 2. The Morgan fingerprint density at radius 1 is 1.43 bits per heavy atom. The maximum absolute atomic E-state index is 12.0. The quantitative estimate of drug-likeness (QED) is 0.790. The number of anilines is 1. The van der Waals surface area contributed by atoms with Crippen molar-refractivity contribution in [1.29, 1.82) is 0 Å². The lowest BCUT2D eigenvalue weighted by Crippen LogP contribution is -2.30. The van der Waals surface area contributed by atoms with E-state index in [-0.39, 0.29) is 0 Å². The first-order valence-corrected chi connectivity index (χ1v) is 8.30. The molecular weight excluding hydrogens is 294 g/mol. The Balaban J connectivity index is 1.93. The van der Waals surface area contributed by atoms with Gasteiger partial charge in [-0.2, -0.15) is 5.10 Å². The highest BCUT2D eigenvalue weighted by Crippen LogP contribution is 2.17. The Morgan fingerprint density at radius 2 is 2.22 bits per heavy atom. The van der Waals surface area contributed by atoms with Crippen LogP contribution in [0, 0.1) is 0 Å². The molecule has 1 aromatic rings. The molecule has 1 aliphatic rings. The number of amides is 1. The fourth-order valence-corrected chi connectivity index (χ4v) is 2.65. The Bertz CT molecular complexity index is 513. The molecule has 1 unspecified atom stereocenters. The number of rotatable bonds is 4. The molecular formula is C16H29N5O2. The molecule has 1 saturated heterocycles. The largest absolute Gasteiger partial charge is 0.444 e. The molecule has 2 rings (SSSR count). The van der Waals surface area contributed by atoms with Crippen LogP contribution in [0.2, 0.25) is 0 Å². The summed E-state index contributed by atoms with van der Waals surface area (Å²) in [5, 5.41) is 14.0. The summed E-state index contributed by atoms with van der Waals surface area (Å²) in [6.45, 7) is 8.36. The molecule has 0 aliphatic carbocycles. The van der Waals surface area contributed by atoms with Crippen molar-refractivity contribution in [2.24, 2.45) is 7.05 Å². The smallest absolute Gasteiger partial charge is 0.413 e. The highest BCUT2D eigenvalue weighted by atomic mass is 16.6. The molecule has 0 saturated carbocycles. The Kier molecular flexibility index (Phi) is 6.01. The number of carbonyl (C=O) groups is 1. The van der Waals surface area contributed by atoms with Gasteiger partial charge in [-0.1, -0.05) is 0 Å². The predicted molar refractivity (Wildman–Crippen MR) is 90.4 cm³/mol. The van der Waals surface area contributed by atoms with Crippen molar-refractivity contribution in [3.8, 4) is 0 Å². The molecule has 1 fully saturated rings. The van der Waals surface area contributed by atoms with Crippen LogP contribution >= 0.6 is 0 Å². The van der Waals surface area contributed by atoms with Crippen molar-refractivity contribution in [1.82, 2.24) is 20.4 Å². The Morgan fingerprint density at radius 3 is 2.96 bits per heavy atom. The van der Waals surface area contributed by atoms with Crippen LogP contribution in [0.25, 0.3) is 0 Å². The summed E-state index contributed by atoms with van der Waals surface area (Å²) >= 11 is 0. The van der Waals surface area contributed by atoms with Crippen LogP contribution in [-0.4, -0.2) is 40.6 Å². The molecule has 1 atom stereocenters. The number of aryl methyl sites for hydroxylation is 1. The highest BCUT2D eigenvalue weighted by Gasteiger charge is 2.19. The minimum absolute atomic E-state index is 0.457. The second-order valence-corrected chi connectivity index (χ2v) is 7.03. The first kappa shape index (κ1) is 17.7. The molecule has 1 amide bonds. The van der Waals surface area contributed by atoms with Crippen molar-refractivity contribution in [2.75, 3.05) is 18.4 Å². The number of nitrogens with one attached hydrogen (secondary N) is 3. The van der Waals surface area contributed by atoms with E-state index in [4.69, 9.17) is 4.74 Å². The fourth-order valence-electron chi connectivity index (χ4n) is 2.65. The van der Waals surface area contributed by atoms with Crippen molar-refractivity contribution in [2.45, 2.75) is 58.2 Å². The number of aromatic nitrogens is 2. The van der Waals surface area contributed by atoms with Gasteiger partial charge in [0.2, 0.25) is 0 Å². The van der Waals surface area contributed by atoms with Crippen LogP contribution in [0.3, 0.4) is 0 Å². The summed E-state index contributed by atoms with van der Waals surface area (Å²) in [7, 11) is 1.81. The van der Waals surface area contributed by atoms with Gasteiger partial charge in [-0.15, -0.1) is 0 Å². The standard InChI is InChI=1S/C16H29N5O2/c1-16(2,3)23-15(22)20-14-12(11-19-21(14)4)10-18-13-6-5-8-17-9-7-13/h11,13,17-18H,5-10H2,1-4H3,(H,20,22). The summed E-state index contributed by atoms with van der Waals surface area (Å²) in [5.74, 6) is 0.679. The lowest BCUT2D eigenvalue weighted by atomic mass is 10.1.